The van der Waals surface area contributed by atoms with Gasteiger partial charge in [-0.3, -0.25) is 15.0 Å². The normalized spacial score (nSPS) is 26.0. The van der Waals surface area contributed by atoms with E-state index in [4.69, 9.17) is 4.74 Å². The summed E-state index contributed by atoms with van der Waals surface area (Å²) in [7, 11) is 0. The quantitative estimate of drug-likeness (QED) is 0.558. The number of ether oxygens (including phenoxy) is 1. The SMILES string of the molecule is CC1CN(CC2CCN(c3ccc([N+](=O)[O-])cc3Br)CC2)CC(C)O1. The highest BCUT2D eigenvalue weighted by Crippen LogP contribution is 2.33. The standard InChI is InChI=1S/C18H26BrN3O3/c1-13-10-20(11-14(2)25-13)12-15-5-7-21(8-6-15)18-4-3-16(22(23)24)9-17(18)19/h3-4,9,13-15H,5-8,10-12H2,1-2H3. The van der Waals surface area contributed by atoms with Gasteiger partial charge in [-0.2, -0.15) is 0 Å². The lowest BCUT2D eigenvalue weighted by Gasteiger charge is -2.40. The molecule has 7 heteroatoms. The average molecular weight is 412 g/mol. The summed E-state index contributed by atoms with van der Waals surface area (Å²) in [5, 5.41) is 10.9. The van der Waals surface area contributed by atoms with Gasteiger partial charge in [0, 0.05) is 49.3 Å². The zero-order chi connectivity index (χ0) is 18.0. The van der Waals surface area contributed by atoms with Crippen LogP contribution in [0.5, 0.6) is 0 Å². The molecular weight excluding hydrogens is 386 g/mol. The molecule has 2 fully saturated rings. The van der Waals surface area contributed by atoms with Crippen molar-refractivity contribution >= 4 is 27.3 Å². The van der Waals surface area contributed by atoms with E-state index in [9.17, 15) is 10.1 Å². The number of nitrogens with zero attached hydrogens (tertiary/aromatic N) is 3. The smallest absolute Gasteiger partial charge is 0.270 e. The maximum Gasteiger partial charge on any atom is 0.270 e. The number of morpholine rings is 1. The first-order valence-corrected chi connectivity index (χ1v) is 9.78. The van der Waals surface area contributed by atoms with Gasteiger partial charge in [0.25, 0.3) is 5.69 Å². The lowest BCUT2D eigenvalue weighted by molar-refractivity contribution is -0.384. The van der Waals surface area contributed by atoms with Crippen LogP contribution < -0.4 is 4.90 Å². The second kappa shape index (κ2) is 8.01. The third kappa shape index (κ3) is 4.71. The van der Waals surface area contributed by atoms with E-state index in [-0.39, 0.29) is 10.6 Å². The molecule has 2 aliphatic heterocycles. The zero-order valence-corrected chi connectivity index (χ0v) is 16.4. The van der Waals surface area contributed by atoms with Gasteiger partial charge in [-0.25, -0.2) is 0 Å². The van der Waals surface area contributed by atoms with Crippen molar-refractivity contribution in [1.82, 2.24) is 4.90 Å². The number of piperidine rings is 1. The Morgan fingerprint density at radius 1 is 1.24 bits per heavy atom. The lowest BCUT2D eigenvalue weighted by atomic mass is 9.95. The summed E-state index contributed by atoms with van der Waals surface area (Å²) < 4.78 is 6.62. The number of rotatable bonds is 4. The molecular formula is C18H26BrN3O3. The highest BCUT2D eigenvalue weighted by molar-refractivity contribution is 9.10. The number of hydrogen-bond donors (Lipinski definition) is 0. The van der Waals surface area contributed by atoms with Crippen molar-refractivity contribution in [3.8, 4) is 0 Å². The molecule has 138 valence electrons. The number of benzene rings is 1. The van der Waals surface area contributed by atoms with Gasteiger partial charge in [0.2, 0.25) is 0 Å². The van der Waals surface area contributed by atoms with Crippen molar-refractivity contribution < 1.29 is 9.66 Å². The Labute approximate surface area is 157 Å². The average Bonchev–Trinajstić information content (AvgIpc) is 2.54. The maximum absolute atomic E-state index is 10.9. The predicted molar refractivity (Wildman–Crippen MR) is 102 cm³/mol. The van der Waals surface area contributed by atoms with E-state index in [1.807, 2.05) is 6.07 Å². The van der Waals surface area contributed by atoms with E-state index in [1.54, 1.807) is 12.1 Å². The summed E-state index contributed by atoms with van der Waals surface area (Å²) in [6, 6.07) is 5.04. The van der Waals surface area contributed by atoms with Crippen LogP contribution >= 0.6 is 15.9 Å². The van der Waals surface area contributed by atoms with Gasteiger partial charge < -0.3 is 9.64 Å². The minimum Gasteiger partial charge on any atom is -0.373 e. The molecule has 2 aliphatic rings. The minimum absolute atomic E-state index is 0.126. The molecule has 1 aromatic carbocycles. The van der Waals surface area contributed by atoms with Crippen LogP contribution in [0.2, 0.25) is 0 Å². The monoisotopic (exact) mass is 411 g/mol. The summed E-state index contributed by atoms with van der Waals surface area (Å²) >= 11 is 3.49. The summed E-state index contributed by atoms with van der Waals surface area (Å²) in [5.41, 5.74) is 1.18. The van der Waals surface area contributed by atoms with Gasteiger partial charge in [-0.05, 0) is 54.6 Å². The third-order valence-corrected chi connectivity index (χ3v) is 5.74. The number of non-ortho nitro benzene ring substituents is 1. The molecule has 1 aromatic rings. The molecule has 3 rings (SSSR count). The Bertz CT molecular complexity index is 610. The van der Waals surface area contributed by atoms with Gasteiger partial charge in [-0.15, -0.1) is 0 Å². The van der Waals surface area contributed by atoms with Gasteiger partial charge in [-0.1, -0.05) is 0 Å². The van der Waals surface area contributed by atoms with Crippen molar-refractivity contribution in [2.45, 2.75) is 38.9 Å². The van der Waals surface area contributed by atoms with Crippen molar-refractivity contribution in [3.05, 3.63) is 32.8 Å². The van der Waals surface area contributed by atoms with Gasteiger partial charge >= 0.3 is 0 Å². The molecule has 0 bridgehead atoms. The molecule has 0 aromatic heterocycles. The van der Waals surface area contributed by atoms with E-state index in [2.05, 4.69) is 39.6 Å². The van der Waals surface area contributed by atoms with Crippen LogP contribution in [0.1, 0.15) is 26.7 Å². The largest absolute Gasteiger partial charge is 0.373 e. The molecule has 25 heavy (non-hydrogen) atoms. The molecule has 0 saturated carbocycles. The Kier molecular flexibility index (Phi) is 5.96. The molecule has 2 saturated heterocycles. The number of anilines is 1. The highest BCUT2D eigenvalue weighted by Gasteiger charge is 2.27. The van der Waals surface area contributed by atoms with Crippen LogP contribution in [0, 0.1) is 16.0 Å². The van der Waals surface area contributed by atoms with Gasteiger partial charge in [0.1, 0.15) is 0 Å². The van der Waals surface area contributed by atoms with Crippen molar-refractivity contribution in [2.75, 3.05) is 37.6 Å². The Balaban J connectivity index is 1.54. The fourth-order valence-corrected chi connectivity index (χ4v) is 4.64. The summed E-state index contributed by atoms with van der Waals surface area (Å²) in [5.74, 6) is 0.713. The first-order chi connectivity index (χ1) is 11.9. The lowest BCUT2D eigenvalue weighted by Crippen LogP contribution is -2.48. The molecule has 6 nitrogen and oxygen atoms in total. The number of halogens is 1. The molecule has 2 atom stereocenters. The summed E-state index contributed by atoms with van der Waals surface area (Å²) in [4.78, 5) is 15.4. The molecule has 2 unspecified atom stereocenters. The number of nitro groups is 1. The molecule has 0 radical (unpaired) electrons. The topological polar surface area (TPSA) is 58.9 Å². The second-order valence-corrected chi connectivity index (χ2v) is 8.15. The fourth-order valence-electron chi connectivity index (χ4n) is 4.02. The molecule has 0 amide bonds. The first kappa shape index (κ1) is 18.6. The zero-order valence-electron chi connectivity index (χ0n) is 14.9. The molecule has 2 heterocycles. The highest BCUT2D eigenvalue weighted by atomic mass is 79.9. The van der Waals surface area contributed by atoms with Crippen molar-refractivity contribution in [3.63, 3.8) is 0 Å². The van der Waals surface area contributed by atoms with E-state index < -0.39 is 0 Å². The van der Waals surface area contributed by atoms with E-state index in [1.165, 1.54) is 0 Å². The van der Waals surface area contributed by atoms with Crippen LogP contribution in [-0.4, -0.2) is 54.8 Å². The Morgan fingerprint density at radius 3 is 2.44 bits per heavy atom. The summed E-state index contributed by atoms with van der Waals surface area (Å²) in [6.45, 7) is 9.49. The number of hydrogen-bond acceptors (Lipinski definition) is 5. The number of nitro benzene ring substituents is 1. The second-order valence-electron chi connectivity index (χ2n) is 7.30. The molecule has 0 spiro atoms. The van der Waals surface area contributed by atoms with Crippen molar-refractivity contribution in [2.24, 2.45) is 5.92 Å². The van der Waals surface area contributed by atoms with Crippen LogP contribution in [0.4, 0.5) is 11.4 Å². The fraction of sp³-hybridized carbons (Fsp3) is 0.667. The van der Waals surface area contributed by atoms with Gasteiger partial charge in [0.05, 0.1) is 22.8 Å². The summed E-state index contributed by atoms with van der Waals surface area (Å²) in [6.07, 6.45) is 2.95. The maximum atomic E-state index is 10.9. The predicted octanol–water partition coefficient (Wildman–Crippen LogP) is 3.68. The van der Waals surface area contributed by atoms with E-state index in [0.717, 1.165) is 55.7 Å². The van der Waals surface area contributed by atoms with Gasteiger partial charge in [0.15, 0.2) is 0 Å². The van der Waals surface area contributed by atoms with Crippen LogP contribution in [0.3, 0.4) is 0 Å². The Morgan fingerprint density at radius 2 is 1.88 bits per heavy atom. The minimum atomic E-state index is -0.356. The Hall–Kier alpha value is -1.18. The third-order valence-electron chi connectivity index (χ3n) is 5.11. The first-order valence-electron chi connectivity index (χ1n) is 8.99. The molecule has 0 aliphatic carbocycles. The van der Waals surface area contributed by atoms with Crippen LogP contribution in [-0.2, 0) is 4.74 Å². The van der Waals surface area contributed by atoms with Crippen LogP contribution in [0.15, 0.2) is 22.7 Å². The molecule has 0 N–H and O–H groups in total. The van der Waals surface area contributed by atoms with Crippen LogP contribution in [0.25, 0.3) is 0 Å². The van der Waals surface area contributed by atoms with Crippen molar-refractivity contribution in [1.29, 1.82) is 0 Å². The van der Waals surface area contributed by atoms with E-state index in [0.29, 0.717) is 18.1 Å². The van der Waals surface area contributed by atoms with E-state index >= 15 is 0 Å².